The first-order chi connectivity index (χ1) is 13.0. The zero-order chi connectivity index (χ0) is 19.0. The van der Waals surface area contributed by atoms with Crippen molar-refractivity contribution in [2.75, 3.05) is 0 Å². The standard InChI is InChI=1S/C21H15F3O3/c22-21(23,24)20(18-14-8-3-9-15-18)25-19(26-27-20,16-10-4-1-5-11-16)17-12-6-2-7-13-17/h1-15H. The molecule has 1 unspecified atom stereocenters. The molecule has 0 saturated carbocycles. The molecule has 3 aromatic rings. The van der Waals surface area contributed by atoms with Crippen LogP contribution in [0.4, 0.5) is 13.2 Å². The summed E-state index contributed by atoms with van der Waals surface area (Å²) in [5.74, 6) is -4.92. The van der Waals surface area contributed by atoms with Crippen LogP contribution in [-0.2, 0) is 26.1 Å². The van der Waals surface area contributed by atoms with Crippen LogP contribution in [0, 0.1) is 0 Å². The van der Waals surface area contributed by atoms with Gasteiger partial charge in [-0.2, -0.15) is 22.9 Å². The highest BCUT2D eigenvalue weighted by molar-refractivity contribution is 5.35. The SMILES string of the molecule is FC(F)(F)C1(c2ccccc2)OOC(c2ccccc2)(c2ccccc2)O1. The van der Waals surface area contributed by atoms with Gasteiger partial charge in [0.15, 0.2) is 0 Å². The normalized spacial score (nSPS) is 21.9. The van der Waals surface area contributed by atoms with Crippen LogP contribution >= 0.6 is 0 Å². The Bertz CT molecular complexity index is 859. The van der Waals surface area contributed by atoms with Gasteiger partial charge in [-0.1, -0.05) is 91.0 Å². The smallest absolute Gasteiger partial charge is 0.293 e. The van der Waals surface area contributed by atoms with E-state index in [1.54, 1.807) is 66.7 Å². The zero-order valence-corrected chi connectivity index (χ0v) is 14.0. The first-order valence-corrected chi connectivity index (χ1v) is 8.28. The molecule has 0 amide bonds. The molecule has 1 aliphatic rings. The summed E-state index contributed by atoms with van der Waals surface area (Å²) in [6, 6.07) is 24.0. The number of benzene rings is 3. The average molecular weight is 372 g/mol. The minimum atomic E-state index is -4.88. The van der Waals surface area contributed by atoms with E-state index < -0.39 is 17.8 Å². The van der Waals surface area contributed by atoms with E-state index in [0.717, 1.165) is 0 Å². The fourth-order valence-corrected chi connectivity index (χ4v) is 3.08. The van der Waals surface area contributed by atoms with Crippen LogP contribution in [0.1, 0.15) is 16.7 Å². The second-order valence-corrected chi connectivity index (χ2v) is 6.10. The Balaban J connectivity index is 1.91. The fraction of sp³-hybridized carbons (Fsp3) is 0.143. The van der Waals surface area contributed by atoms with Crippen LogP contribution in [0.15, 0.2) is 91.0 Å². The number of ether oxygens (including phenoxy) is 1. The Morgan fingerprint density at radius 1 is 0.556 bits per heavy atom. The average Bonchev–Trinajstić information content (AvgIpc) is 3.14. The summed E-state index contributed by atoms with van der Waals surface area (Å²) in [6.07, 6.45) is -4.88. The quantitative estimate of drug-likeness (QED) is 0.586. The van der Waals surface area contributed by atoms with E-state index in [1.165, 1.54) is 24.3 Å². The van der Waals surface area contributed by atoms with Gasteiger partial charge in [0.1, 0.15) is 0 Å². The minimum Gasteiger partial charge on any atom is -0.293 e. The van der Waals surface area contributed by atoms with Crippen LogP contribution in [0.2, 0.25) is 0 Å². The highest BCUT2D eigenvalue weighted by atomic mass is 19.4. The number of halogens is 3. The maximum atomic E-state index is 14.1. The van der Waals surface area contributed by atoms with Crippen molar-refractivity contribution in [2.45, 2.75) is 17.8 Å². The highest BCUT2D eigenvalue weighted by Crippen LogP contribution is 2.55. The summed E-state index contributed by atoms with van der Waals surface area (Å²) in [6.45, 7) is 0. The van der Waals surface area contributed by atoms with Gasteiger partial charge in [0.2, 0.25) is 0 Å². The Morgan fingerprint density at radius 2 is 0.963 bits per heavy atom. The van der Waals surface area contributed by atoms with Gasteiger partial charge in [0.25, 0.3) is 5.79 Å². The summed E-state index contributed by atoms with van der Waals surface area (Å²) in [7, 11) is 0. The Hall–Kier alpha value is -2.67. The Kier molecular flexibility index (Phi) is 4.26. The summed E-state index contributed by atoms with van der Waals surface area (Å²) in [5.41, 5.74) is 0.572. The van der Waals surface area contributed by atoms with Crippen LogP contribution in [0.25, 0.3) is 0 Å². The monoisotopic (exact) mass is 372 g/mol. The topological polar surface area (TPSA) is 27.7 Å². The fourth-order valence-electron chi connectivity index (χ4n) is 3.08. The molecular weight excluding hydrogens is 357 g/mol. The van der Waals surface area contributed by atoms with Gasteiger partial charge >= 0.3 is 12.0 Å². The lowest BCUT2D eigenvalue weighted by Crippen LogP contribution is -2.45. The third kappa shape index (κ3) is 2.82. The van der Waals surface area contributed by atoms with Crippen molar-refractivity contribution in [2.24, 2.45) is 0 Å². The summed E-state index contributed by atoms with van der Waals surface area (Å²) >= 11 is 0. The lowest BCUT2D eigenvalue weighted by molar-refractivity contribution is -0.420. The first-order valence-electron chi connectivity index (χ1n) is 8.28. The van der Waals surface area contributed by atoms with Gasteiger partial charge in [-0.15, -0.1) is 0 Å². The van der Waals surface area contributed by atoms with Gasteiger partial charge in [-0.05, 0) is 0 Å². The first kappa shape index (κ1) is 17.7. The second-order valence-electron chi connectivity index (χ2n) is 6.10. The molecule has 3 nitrogen and oxygen atoms in total. The van der Waals surface area contributed by atoms with Gasteiger partial charge in [-0.3, -0.25) is 4.74 Å². The number of hydrogen-bond acceptors (Lipinski definition) is 3. The number of rotatable bonds is 3. The molecule has 1 saturated heterocycles. The van der Waals surface area contributed by atoms with E-state index >= 15 is 0 Å². The molecule has 0 N–H and O–H groups in total. The van der Waals surface area contributed by atoms with Crippen molar-refractivity contribution in [1.29, 1.82) is 0 Å². The molecule has 1 atom stereocenters. The van der Waals surface area contributed by atoms with Crippen molar-refractivity contribution in [1.82, 2.24) is 0 Å². The second kappa shape index (κ2) is 6.49. The molecule has 1 heterocycles. The van der Waals surface area contributed by atoms with Gasteiger partial charge < -0.3 is 0 Å². The van der Waals surface area contributed by atoms with Crippen molar-refractivity contribution in [3.8, 4) is 0 Å². The predicted molar refractivity (Wildman–Crippen MR) is 91.1 cm³/mol. The summed E-state index contributed by atoms with van der Waals surface area (Å²) in [5, 5.41) is 0. The Labute approximate surface area is 153 Å². The summed E-state index contributed by atoms with van der Waals surface area (Å²) < 4.78 is 48.1. The lowest BCUT2D eigenvalue weighted by atomic mass is 9.96. The molecule has 3 aromatic carbocycles. The summed E-state index contributed by atoms with van der Waals surface area (Å²) in [4.78, 5) is 10.3. The largest absolute Gasteiger partial charge is 0.451 e. The van der Waals surface area contributed by atoms with E-state index in [4.69, 9.17) is 14.5 Å². The van der Waals surface area contributed by atoms with Gasteiger partial charge in [0, 0.05) is 16.7 Å². The third-order valence-corrected chi connectivity index (χ3v) is 4.40. The van der Waals surface area contributed by atoms with Crippen LogP contribution in [0.5, 0.6) is 0 Å². The van der Waals surface area contributed by atoms with E-state index in [9.17, 15) is 13.2 Å². The molecular formula is C21H15F3O3. The molecule has 27 heavy (non-hydrogen) atoms. The molecule has 1 fully saturated rings. The zero-order valence-electron chi connectivity index (χ0n) is 14.0. The Morgan fingerprint density at radius 3 is 1.37 bits per heavy atom. The third-order valence-electron chi connectivity index (χ3n) is 4.40. The highest BCUT2D eigenvalue weighted by Gasteiger charge is 2.69. The van der Waals surface area contributed by atoms with Gasteiger partial charge in [-0.25, -0.2) is 0 Å². The van der Waals surface area contributed by atoms with E-state index in [2.05, 4.69) is 0 Å². The van der Waals surface area contributed by atoms with Crippen molar-refractivity contribution >= 4 is 0 Å². The molecule has 0 aromatic heterocycles. The molecule has 0 spiro atoms. The predicted octanol–water partition coefficient (Wildman–Crippen LogP) is 5.28. The minimum absolute atomic E-state index is 0.203. The van der Waals surface area contributed by atoms with Crippen LogP contribution in [-0.4, -0.2) is 6.18 Å². The lowest BCUT2D eigenvalue weighted by Gasteiger charge is -2.31. The van der Waals surface area contributed by atoms with Crippen molar-refractivity contribution < 1.29 is 27.7 Å². The molecule has 0 radical (unpaired) electrons. The van der Waals surface area contributed by atoms with E-state index in [0.29, 0.717) is 11.1 Å². The molecule has 6 heteroatoms. The molecule has 0 bridgehead atoms. The molecule has 138 valence electrons. The molecule has 4 rings (SSSR count). The molecule has 0 aliphatic carbocycles. The van der Waals surface area contributed by atoms with E-state index in [1.807, 2.05) is 0 Å². The van der Waals surface area contributed by atoms with Crippen LogP contribution < -0.4 is 0 Å². The van der Waals surface area contributed by atoms with Gasteiger partial charge in [0.05, 0.1) is 0 Å². The maximum absolute atomic E-state index is 14.1. The van der Waals surface area contributed by atoms with Crippen LogP contribution in [0.3, 0.4) is 0 Å². The van der Waals surface area contributed by atoms with E-state index in [-0.39, 0.29) is 5.56 Å². The van der Waals surface area contributed by atoms with Crippen molar-refractivity contribution in [3.63, 3.8) is 0 Å². The number of hydrogen-bond donors (Lipinski definition) is 0. The maximum Gasteiger partial charge on any atom is 0.451 e. The number of alkyl halides is 3. The molecule has 1 aliphatic heterocycles. The van der Waals surface area contributed by atoms with Crippen molar-refractivity contribution in [3.05, 3.63) is 108 Å².